The number of nitrogens with zero attached hydrogens (tertiary/aromatic N) is 4. The highest BCUT2D eigenvalue weighted by Crippen LogP contribution is 2.21. The average molecular weight is 397 g/mol. The van der Waals surface area contributed by atoms with Crippen LogP contribution in [0, 0.1) is 0 Å². The third-order valence-electron chi connectivity index (χ3n) is 4.74. The smallest absolute Gasteiger partial charge is 0.280 e. The first-order chi connectivity index (χ1) is 14.7. The second kappa shape index (κ2) is 7.32. The molecule has 3 heterocycles. The Balaban J connectivity index is 1.43. The highest BCUT2D eigenvalue weighted by Gasteiger charge is 2.15. The molecule has 0 atom stereocenters. The molecule has 0 saturated carbocycles. The molecule has 4 aromatic rings. The van der Waals surface area contributed by atoms with E-state index in [9.17, 15) is 9.59 Å². The second-order valence-corrected chi connectivity index (χ2v) is 6.83. The first-order valence-electron chi connectivity index (χ1n) is 9.34. The Morgan fingerprint density at radius 2 is 2.03 bits per heavy atom. The molecule has 0 fully saturated rings. The molecule has 30 heavy (non-hydrogen) atoms. The van der Waals surface area contributed by atoms with Crippen molar-refractivity contribution in [2.75, 3.05) is 0 Å². The van der Waals surface area contributed by atoms with Crippen molar-refractivity contribution in [1.82, 2.24) is 25.1 Å². The molecule has 0 aliphatic heterocycles. The summed E-state index contributed by atoms with van der Waals surface area (Å²) in [7, 11) is 0. The summed E-state index contributed by atoms with van der Waals surface area (Å²) >= 11 is 0. The van der Waals surface area contributed by atoms with Gasteiger partial charge in [-0.1, -0.05) is 23.4 Å². The van der Waals surface area contributed by atoms with E-state index in [0.29, 0.717) is 40.4 Å². The molecule has 5 rings (SSSR count). The Labute approximate surface area is 170 Å². The SMILES string of the molecule is O=C1C=CCC(c2noc(Cc3nc(=O)c4cc(-c5ccccn5)ccc4[nH]3)n2)=C1. The quantitative estimate of drug-likeness (QED) is 0.563. The van der Waals surface area contributed by atoms with Crippen LogP contribution in [-0.4, -0.2) is 30.9 Å². The lowest BCUT2D eigenvalue weighted by molar-refractivity contribution is -0.110. The van der Waals surface area contributed by atoms with Crippen LogP contribution >= 0.6 is 0 Å². The number of aromatic nitrogens is 5. The zero-order chi connectivity index (χ0) is 20.5. The summed E-state index contributed by atoms with van der Waals surface area (Å²) < 4.78 is 5.28. The predicted molar refractivity (Wildman–Crippen MR) is 109 cm³/mol. The van der Waals surface area contributed by atoms with E-state index in [2.05, 4.69) is 25.1 Å². The van der Waals surface area contributed by atoms with E-state index in [-0.39, 0.29) is 17.8 Å². The van der Waals surface area contributed by atoms with Crippen LogP contribution in [0.4, 0.5) is 0 Å². The molecule has 0 unspecified atom stereocenters. The Hall–Kier alpha value is -4.20. The van der Waals surface area contributed by atoms with Gasteiger partial charge in [-0.2, -0.15) is 9.97 Å². The topological polar surface area (TPSA) is 115 Å². The molecule has 1 aromatic carbocycles. The van der Waals surface area contributed by atoms with Gasteiger partial charge in [0.05, 0.1) is 23.0 Å². The van der Waals surface area contributed by atoms with Crippen LogP contribution in [0.3, 0.4) is 0 Å². The van der Waals surface area contributed by atoms with E-state index in [1.807, 2.05) is 30.3 Å². The minimum absolute atomic E-state index is 0.104. The summed E-state index contributed by atoms with van der Waals surface area (Å²) in [6.07, 6.45) is 7.21. The van der Waals surface area contributed by atoms with Crippen molar-refractivity contribution in [3.63, 3.8) is 0 Å². The number of rotatable bonds is 4. The van der Waals surface area contributed by atoms with Crippen LogP contribution in [0.5, 0.6) is 0 Å². The van der Waals surface area contributed by atoms with Crippen molar-refractivity contribution < 1.29 is 9.32 Å². The number of carbonyl (C=O) groups is 1. The number of pyridine rings is 1. The Bertz CT molecular complexity index is 1380. The fraction of sp³-hybridized carbons (Fsp3) is 0.0909. The molecule has 1 aliphatic rings. The molecule has 0 amide bonds. The van der Waals surface area contributed by atoms with E-state index in [1.54, 1.807) is 18.3 Å². The summed E-state index contributed by atoms with van der Waals surface area (Å²) in [6.45, 7) is 0. The van der Waals surface area contributed by atoms with Crippen LogP contribution in [0.25, 0.3) is 27.7 Å². The third kappa shape index (κ3) is 3.46. The number of benzene rings is 1. The molecule has 146 valence electrons. The minimum Gasteiger partial charge on any atom is -0.343 e. The molecule has 1 aliphatic carbocycles. The lowest BCUT2D eigenvalue weighted by atomic mass is 10.1. The number of carbonyl (C=O) groups excluding carboxylic acids is 1. The van der Waals surface area contributed by atoms with Gasteiger partial charge in [0.25, 0.3) is 5.56 Å². The predicted octanol–water partition coefficient (Wildman–Crippen LogP) is 2.87. The maximum atomic E-state index is 12.6. The van der Waals surface area contributed by atoms with E-state index in [0.717, 1.165) is 11.3 Å². The minimum atomic E-state index is -0.345. The fourth-order valence-electron chi connectivity index (χ4n) is 3.31. The second-order valence-electron chi connectivity index (χ2n) is 6.83. The number of ketones is 1. The molecule has 0 bridgehead atoms. The molecule has 8 heteroatoms. The molecule has 3 aromatic heterocycles. The van der Waals surface area contributed by atoms with Crippen LogP contribution in [0.1, 0.15) is 24.0 Å². The zero-order valence-electron chi connectivity index (χ0n) is 15.7. The summed E-state index contributed by atoms with van der Waals surface area (Å²) in [6, 6.07) is 11.1. The van der Waals surface area contributed by atoms with Crippen molar-refractivity contribution in [2.24, 2.45) is 0 Å². The first kappa shape index (κ1) is 17.9. The molecule has 8 nitrogen and oxygen atoms in total. The summed E-state index contributed by atoms with van der Waals surface area (Å²) in [4.78, 5) is 40.0. The fourth-order valence-corrected chi connectivity index (χ4v) is 3.31. The van der Waals surface area contributed by atoms with Crippen LogP contribution in [0.15, 0.2) is 70.1 Å². The third-order valence-corrected chi connectivity index (χ3v) is 4.74. The molecule has 1 N–H and O–H groups in total. The van der Waals surface area contributed by atoms with Crippen molar-refractivity contribution in [2.45, 2.75) is 12.8 Å². The number of hydrogen-bond donors (Lipinski definition) is 1. The highest BCUT2D eigenvalue weighted by molar-refractivity contribution is 6.05. The lowest BCUT2D eigenvalue weighted by Gasteiger charge is -2.04. The van der Waals surface area contributed by atoms with Crippen molar-refractivity contribution in [3.8, 4) is 11.3 Å². The number of aromatic amines is 1. The van der Waals surface area contributed by atoms with Crippen LogP contribution in [0.2, 0.25) is 0 Å². The summed E-state index contributed by atoms with van der Waals surface area (Å²) in [5.41, 5.74) is 2.64. The molecular formula is C22H15N5O3. The van der Waals surface area contributed by atoms with Gasteiger partial charge >= 0.3 is 0 Å². The van der Waals surface area contributed by atoms with E-state index < -0.39 is 0 Å². The van der Waals surface area contributed by atoms with Crippen LogP contribution in [-0.2, 0) is 11.2 Å². The highest BCUT2D eigenvalue weighted by atomic mass is 16.5. The number of nitrogens with one attached hydrogen (secondary N) is 1. The summed E-state index contributed by atoms with van der Waals surface area (Å²) in [5, 5.41) is 4.41. The van der Waals surface area contributed by atoms with Gasteiger partial charge in [0.2, 0.25) is 5.89 Å². The van der Waals surface area contributed by atoms with E-state index in [4.69, 9.17) is 4.52 Å². The van der Waals surface area contributed by atoms with Gasteiger partial charge in [-0.05, 0) is 42.8 Å². The average Bonchev–Trinajstić information content (AvgIpc) is 3.23. The van der Waals surface area contributed by atoms with E-state index in [1.165, 1.54) is 12.2 Å². The molecular weight excluding hydrogens is 382 g/mol. The maximum absolute atomic E-state index is 12.6. The lowest BCUT2D eigenvalue weighted by Crippen LogP contribution is -2.12. The number of H-pyrrole nitrogens is 1. The van der Waals surface area contributed by atoms with Crippen LogP contribution < -0.4 is 5.56 Å². The Morgan fingerprint density at radius 1 is 1.10 bits per heavy atom. The molecule has 0 radical (unpaired) electrons. The van der Waals surface area contributed by atoms with Gasteiger partial charge < -0.3 is 9.51 Å². The van der Waals surface area contributed by atoms with Gasteiger partial charge in [0.1, 0.15) is 5.82 Å². The number of hydrogen-bond acceptors (Lipinski definition) is 7. The van der Waals surface area contributed by atoms with Gasteiger partial charge in [-0.15, -0.1) is 0 Å². The van der Waals surface area contributed by atoms with Crippen molar-refractivity contribution in [1.29, 1.82) is 0 Å². The van der Waals surface area contributed by atoms with Gasteiger partial charge in [0, 0.05) is 17.3 Å². The van der Waals surface area contributed by atoms with E-state index >= 15 is 0 Å². The monoisotopic (exact) mass is 397 g/mol. The zero-order valence-corrected chi connectivity index (χ0v) is 15.7. The van der Waals surface area contributed by atoms with Crippen molar-refractivity contribution >= 4 is 22.3 Å². The molecule has 0 saturated heterocycles. The van der Waals surface area contributed by atoms with Crippen molar-refractivity contribution in [3.05, 3.63) is 88.7 Å². The van der Waals surface area contributed by atoms with Gasteiger partial charge in [-0.25, -0.2) is 0 Å². The van der Waals surface area contributed by atoms with Gasteiger partial charge in [0.15, 0.2) is 11.6 Å². The number of fused-ring (bicyclic) bond motifs is 1. The normalized spacial score (nSPS) is 13.6. The standard InChI is InChI=1S/C22H15N5O3/c28-15-5-3-4-14(10-15)21-26-20(30-27-21)12-19-24-18-8-7-13(11-16(18)22(29)25-19)17-6-1-2-9-23-17/h1-3,5-11H,4,12H2,(H,24,25,29). The Morgan fingerprint density at radius 3 is 2.87 bits per heavy atom. The summed E-state index contributed by atoms with van der Waals surface area (Å²) in [5.74, 6) is 0.987. The Kier molecular flexibility index (Phi) is 4.36. The number of allylic oxidation sites excluding steroid dienone is 4. The van der Waals surface area contributed by atoms with Gasteiger partial charge in [-0.3, -0.25) is 14.6 Å². The first-order valence-corrected chi connectivity index (χ1v) is 9.34. The maximum Gasteiger partial charge on any atom is 0.280 e. The molecule has 0 spiro atoms. The largest absolute Gasteiger partial charge is 0.343 e.